The van der Waals surface area contributed by atoms with Crippen molar-refractivity contribution < 1.29 is 14.7 Å². The first-order valence-electron chi connectivity index (χ1n) is 7.72. The van der Waals surface area contributed by atoms with Crippen molar-refractivity contribution >= 4 is 12.0 Å². The Hall–Kier alpha value is -1.26. The summed E-state index contributed by atoms with van der Waals surface area (Å²) in [6, 6.07) is -0.0803. The lowest BCUT2D eigenvalue weighted by atomic mass is 10.0. The molecule has 0 aromatic heterocycles. The van der Waals surface area contributed by atoms with Gasteiger partial charge >= 0.3 is 12.0 Å². The van der Waals surface area contributed by atoms with E-state index in [1.165, 1.54) is 0 Å². The zero-order valence-corrected chi connectivity index (χ0v) is 13.3. The van der Waals surface area contributed by atoms with Gasteiger partial charge in [0.1, 0.15) is 0 Å². The molecule has 20 heavy (non-hydrogen) atoms. The maximum absolute atomic E-state index is 12.1. The topological polar surface area (TPSA) is 69.6 Å². The van der Waals surface area contributed by atoms with Gasteiger partial charge in [0.25, 0.3) is 0 Å². The number of carbonyl (C=O) groups excluding carboxylic acids is 1. The summed E-state index contributed by atoms with van der Waals surface area (Å²) < 4.78 is 0. The number of carbonyl (C=O) groups is 2. The van der Waals surface area contributed by atoms with Gasteiger partial charge in [0, 0.05) is 26.1 Å². The molecule has 0 radical (unpaired) electrons. The van der Waals surface area contributed by atoms with Crippen LogP contribution >= 0.6 is 0 Å². The highest BCUT2D eigenvalue weighted by Gasteiger charge is 2.17. The van der Waals surface area contributed by atoms with Crippen LogP contribution in [0.1, 0.15) is 53.4 Å². The van der Waals surface area contributed by atoms with Crippen molar-refractivity contribution in [2.75, 3.05) is 19.6 Å². The van der Waals surface area contributed by atoms with Crippen LogP contribution in [0.15, 0.2) is 0 Å². The summed E-state index contributed by atoms with van der Waals surface area (Å²) in [5.41, 5.74) is 0. The van der Waals surface area contributed by atoms with E-state index in [4.69, 9.17) is 5.11 Å². The molecule has 0 aromatic rings. The van der Waals surface area contributed by atoms with Crippen molar-refractivity contribution in [2.45, 2.75) is 53.4 Å². The summed E-state index contributed by atoms with van der Waals surface area (Å²) in [6.07, 6.45) is 2.99. The average Bonchev–Trinajstić information content (AvgIpc) is 2.44. The number of rotatable bonds is 10. The Morgan fingerprint density at radius 3 is 2.00 bits per heavy atom. The van der Waals surface area contributed by atoms with Crippen LogP contribution in [0.4, 0.5) is 4.79 Å². The highest BCUT2D eigenvalue weighted by molar-refractivity contribution is 5.74. The molecule has 0 saturated carbocycles. The third-order valence-electron chi connectivity index (χ3n) is 3.88. The number of aliphatic carboxylic acids is 1. The molecule has 0 aliphatic carbocycles. The van der Waals surface area contributed by atoms with Gasteiger partial charge in [-0.3, -0.25) is 4.79 Å². The van der Waals surface area contributed by atoms with Crippen molar-refractivity contribution in [2.24, 2.45) is 11.8 Å². The third kappa shape index (κ3) is 7.36. The fraction of sp³-hybridized carbons (Fsp3) is 0.867. The number of hydrogen-bond donors (Lipinski definition) is 2. The van der Waals surface area contributed by atoms with Gasteiger partial charge in [-0.25, -0.2) is 4.79 Å². The predicted octanol–water partition coefficient (Wildman–Crippen LogP) is 2.96. The fourth-order valence-electron chi connectivity index (χ4n) is 2.17. The minimum atomic E-state index is -0.810. The van der Waals surface area contributed by atoms with Gasteiger partial charge in [0.15, 0.2) is 0 Å². The van der Waals surface area contributed by atoms with E-state index in [2.05, 4.69) is 19.2 Å². The van der Waals surface area contributed by atoms with Gasteiger partial charge in [0.05, 0.1) is 0 Å². The fourth-order valence-corrected chi connectivity index (χ4v) is 2.17. The highest BCUT2D eigenvalue weighted by atomic mass is 16.4. The third-order valence-corrected chi connectivity index (χ3v) is 3.88. The molecule has 2 N–H and O–H groups in total. The number of hydrogen-bond acceptors (Lipinski definition) is 2. The lowest BCUT2D eigenvalue weighted by molar-refractivity contribution is -0.138. The molecule has 118 valence electrons. The molecule has 5 heteroatoms. The van der Waals surface area contributed by atoms with Crippen molar-refractivity contribution in [3.63, 3.8) is 0 Å². The largest absolute Gasteiger partial charge is 0.481 e. The lowest BCUT2D eigenvalue weighted by Gasteiger charge is -2.26. The van der Waals surface area contributed by atoms with Gasteiger partial charge < -0.3 is 15.3 Å². The summed E-state index contributed by atoms with van der Waals surface area (Å²) in [5, 5.41) is 11.7. The van der Waals surface area contributed by atoms with Crippen LogP contribution in [0.2, 0.25) is 0 Å². The van der Waals surface area contributed by atoms with Crippen LogP contribution in [-0.2, 0) is 4.79 Å². The second-order valence-electron chi connectivity index (χ2n) is 5.28. The molecule has 1 unspecified atom stereocenters. The van der Waals surface area contributed by atoms with E-state index in [1.54, 1.807) is 0 Å². The van der Waals surface area contributed by atoms with E-state index >= 15 is 0 Å². The first-order chi connectivity index (χ1) is 9.48. The summed E-state index contributed by atoms with van der Waals surface area (Å²) in [5.74, 6) is -0.277. The van der Waals surface area contributed by atoms with Crippen LogP contribution < -0.4 is 5.32 Å². The van der Waals surface area contributed by atoms with Gasteiger partial charge in [-0.2, -0.15) is 0 Å². The normalized spacial score (nSPS) is 12.2. The van der Waals surface area contributed by atoms with E-state index in [-0.39, 0.29) is 18.4 Å². The van der Waals surface area contributed by atoms with E-state index in [9.17, 15) is 9.59 Å². The second kappa shape index (κ2) is 10.5. The zero-order chi connectivity index (χ0) is 15.5. The number of carboxylic acids is 1. The molecule has 1 atom stereocenters. The van der Waals surface area contributed by atoms with Gasteiger partial charge in [-0.1, -0.05) is 40.0 Å². The Bertz CT molecular complexity index is 291. The maximum Gasteiger partial charge on any atom is 0.317 e. The van der Waals surface area contributed by atoms with Crippen molar-refractivity contribution in [3.05, 3.63) is 0 Å². The Labute approximate surface area is 122 Å². The second-order valence-corrected chi connectivity index (χ2v) is 5.28. The van der Waals surface area contributed by atoms with E-state index in [0.717, 1.165) is 25.8 Å². The monoisotopic (exact) mass is 286 g/mol. The first kappa shape index (κ1) is 18.7. The Morgan fingerprint density at radius 2 is 1.60 bits per heavy atom. The lowest BCUT2D eigenvalue weighted by Crippen LogP contribution is -2.44. The minimum Gasteiger partial charge on any atom is -0.481 e. The Balaban J connectivity index is 4.29. The Kier molecular flexibility index (Phi) is 9.86. The predicted molar refractivity (Wildman–Crippen MR) is 80.8 cm³/mol. The summed E-state index contributed by atoms with van der Waals surface area (Å²) in [7, 11) is 0. The summed E-state index contributed by atoms with van der Waals surface area (Å²) in [4.78, 5) is 24.6. The molecule has 0 aliphatic rings. The average molecular weight is 286 g/mol. The molecule has 0 fully saturated rings. The smallest absolute Gasteiger partial charge is 0.317 e. The zero-order valence-electron chi connectivity index (χ0n) is 13.3. The molecule has 0 aliphatic heterocycles. The van der Waals surface area contributed by atoms with Gasteiger partial charge in [-0.15, -0.1) is 0 Å². The van der Waals surface area contributed by atoms with Crippen LogP contribution in [0.5, 0.6) is 0 Å². The molecule has 0 aromatic carbocycles. The minimum absolute atomic E-state index is 0.00306. The van der Waals surface area contributed by atoms with Crippen LogP contribution in [0, 0.1) is 11.8 Å². The van der Waals surface area contributed by atoms with Crippen LogP contribution in [0.3, 0.4) is 0 Å². The molecule has 0 spiro atoms. The molecule has 0 rings (SSSR count). The molecule has 0 bridgehead atoms. The number of urea groups is 1. The molecular weight excluding hydrogens is 256 g/mol. The standard InChI is InChI=1S/C15H30N2O3/c1-5-12(6-2)11-17(8-4)15(20)16-10-13(7-3)9-14(18)19/h12-13H,5-11H2,1-4H3,(H,16,20)(H,18,19). The van der Waals surface area contributed by atoms with Crippen molar-refractivity contribution in [1.82, 2.24) is 10.2 Å². The SMILES string of the molecule is CCC(CNC(=O)N(CC)CC(CC)CC)CC(=O)O. The summed E-state index contributed by atoms with van der Waals surface area (Å²) in [6.45, 7) is 10.1. The number of carboxylic acid groups (broad SMARTS) is 1. The van der Waals surface area contributed by atoms with Gasteiger partial charge in [-0.05, 0) is 18.8 Å². The van der Waals surface area contributed by atoms with E-state index in [0.29, 0.717) is 19.0 Å². The first-order valence-corrected chi connectivity index (χ1v) is 7.72. The molecule has 0 heterocycles. The highest BCUT2D eigenvalue weighted by Crippen LogP contribution is 2.11. The quantitative estimate of drug-likeness (QED) is 0.648. The van der Waals surface area contributed by atoms with Crippen molar-refractivity contribution in [1.29, 1.82) is 0 Å². The number of nitrogens with one attached hydrogen (secondary N) is 1. The van der Waals surface area contributed by atoms with Gasteiger partial charge in [0.2, 0.25) is 0 Å². The number of amides is 2. The van der Waals surface area contributed by atoms with Crippen LogP contribution in [0.25, 0.3) is 0 Å². The number of nitrogens with zero attached hydrogens (tertiary/aromatic N) is 1. The Morgan fingerprint density at radius 1 is 1.05 bits per heavy atom. The van der Waals surface area contributed by atoms with E-state index < -0.39 is 5.97 Å². The molecule has 2 amide bonds. The van der Waals surface area contributed by atoms with Crippen LogP contribution in [-0.4, -0.2) is 41.6 Å². The molecule has 0 saturated heterocycles. The van der Waals surface area contributed by atoms with Crippen molar-refractivity contribution in [3.8, 4) is 0 Å². The molecular formula is C15H30N2O3. The maximum atomic E-state index is 12.1. The molecule has 5 nitrogen and oxygen atoms in total. The van der Waals surface area contributed by atoms with E-state index in [1.807, 2.05) is 18.7 Å². The summed E-state index contributed by atoms with van der Waals surface area (Å²) >= 11 is 0.